The molecule has 1 heterocycles. The Bertz CT molecular complexity index is 863. The minimum Gasteiger partial charge on any atom is -0.463 e. The van der Waals surface area contributed by atoms with Gasteiger partial charge >= 0.3 is 5.97 Å². The lowest BCUT2D eigenvalue weighted by molar-refractivity contribution is -0.149. The Labute approximate surface area is 173 Å². The van der Waals surface area contributed by atoms with Crippen molar-refractivity contribution in [3.05, 3.63) is 64.7 Å². The van der Waals surface area contributed by atoms with E-state index >= 15 is 0 Å². The van der Waals surface area contributed by atoms with E-state index in [1.807, 2.05) is 12.1 Å². The molecule has 0 radical (unpaired) electrons. The van der Waals surface area contributed by atoms with Gasteiger partial charge in [-0.25, -0.2) is 4.79 Å². The van der Waals surface area contributed by atoms with Crippen molar-refractivity contribution >= 4 is 41.1 Å². The van der Waals surface area contributed by atoms with Crippen LogP contribution in [-0.4, -0.2) is 41.1 Å². The van der Waals surface area contributed by atoms with Crippen molar-refractivity contribution in [2.75, 3.05) is 12.4 Å². The van der Waals surface area contributed by atoms with E-state index in [9.17, 15) is 14.4 Å². The number of halogens is 1. The van der Waals surface area contributed by atoms with Crippen LogP contribution in [0.25, 0.3) is 0 Å². The highest BCUT2D eigenvalue weighted by molar-refractivity contribution is 7.99. The summed E-state index contributed by atoms with van der Waals surface area (Å²) in [5, 5.41) is 0.663. The lowest BCUT2D eigenvalue weighted by Crippen LogP contribution is -2.48. The molecule has 1 atom stereocenters. The molecular formula is C21H20ClNO4S. The number of rotatable bonds is 7. The Hall–Kier alpha value is -2.31. The number of amides is 2. The third-order valence-corrected chi connectivity index (χ3v) is 5.61. The SMILES string of the molecule is CC(C)[C@H](C(=O)OCCSc1ccc(Cl)cc1)N1C(=O)c2ccccc2C1=O. The third kappa shape index (κ3) is 4.23. The fourth-order valence-corrected chi connectivity index (χ4v) is 3.91. The van der Waals surface area contributed by atoms with E-state index in [-0.39, 0.29) is 12.5 Å². The maximum absolute atomic E-state index is 12.7. The molecule has 0 fully saturated rings. The molecular weight excluding hydrogens is 398 g/mol. The van der Waals surface area contributed by atoms with Gasteiger partial charge in [0.15, 0.2) is 0 Å². The van der Waals surface area contributed by atoms with Crippen molar-refractivity contribution in [2.24, 2.45) is 5.92 Å². The molecule has 5 nitrogen and oxygen atoms in total. The van der Waals surface area contributed by atoms with Crippen LogP contribution in [-0.2, 0) is 9.53 Å². The minimum absolute atomic E-state index is 0.179. The van der Waals surface area contributed by atoms with E-state index in [1.165, 1.54) is 11.8 Å². The van der Waals surface area contributed by atoms with Gasteiger partial charge in [-0.1, -0.05) is 37.6 Å². The second kappa shape index (κ2) is 8.80. The summed E-state index contributed by atoms with van der Waals surface area (Å²) < 4.78 is 5.39. The van der Waals surface area contributed by atoms with Crippen molar-refractivity contribution < 1.29 is 19.1 Å². The van der Waals surface area contributed by atoms with Crippen molar-refractivity contribution in [1.82, 2.24) is 4.90 Å². The fraction of sp³-hybridized carbons (Fsp3) is 0.286. The zero-order valence-corrected chi connectivity index (χ0v) is 17.1. The molecule has 0 saturated heterocycles. The quantitative estimate of drug-likeness (QED) is 0.291. The van der Waals surface area contributed by atoms with Gasteiger partial charge in [0.1, 0.15) is 12.6 Å². The van der Waals surface area contributed by atoms with Crippen LogP contribution < -0.4 is 0 Å². The Morgan fingerprint density at radius 1 is 1.04 bits per heavy atom. The Morgan fingerprint density at radius 3 is 2.14 bits per heavy atom. The van der Waals surface area contributed by atoms with E-state index in [1.54, 1.807) is 50.2 Å². The third-order valence-electron chi connectivity index (χ3n) is 4.39. The monoisotopic (exact) mass is 417 g/mol. The molecule has 0 saturated carbocycles. The highest BCUT2D eigenvalue weighted by Gasteiger charge is 2.44. The molecule has 1 aliphatic rings. The average Bonchev–Trinajstić information content (AvgIpc) is 2.92. The second-order valence-electron chi connectivity index (χ2n) is 6.68. The number of carbonyl (C=O) groups excluding carboxylic acids is 3. The molecule has 3 rings (SSSR count). The maximum atomic E-state index is 12.7. The number of fused-ring (bicyclic) bond motifs is 1. The number of benzene rings is 2. The summed E-state index contributed by atoms with van der Waals surface area (Å²) in [6.07, 6.45) is 0. The summed E-state index contributed by atoms with van der Waals surface area (Å²) >= 11 is 7.39. The van der Waals surface area contributed by atoms with Gasteiger partial charge in [-0.3, -0.25) is 14.5 Å². The number of thioether (sulfide) groups is 1. The number of ether oxygens (including phenoxy) is 1. The largest absolute Gasteiger partial charge is 0.463 e. The molecule has 0 aliphatic carbocycles. The van der Waals surface area contributed by atoms with Crippen LogP contribution in [0.15, 0.2) is 53.4 Å². The smallest absolute Gasteiger partial charge is 0.329 e. The van der Waals surface area contributed by atoms with E-state index in [0.29, 0.717) is 21.9 Å². The summed E-state index contributed by atoms with van der Waals surface area (Å²) in [4.78, 5) is 40.1. The Balaban J connectivity index is 1.62. The molecule has 0 unspecified atom stereocenters. The number of carbonyl (C=O) groups is 3. The molecule has 0 aromatic heterocycles. The highest BCUT2D eigenvalue weighted by atomic mass is 35.5. The zero-order valence-electron chi connectivity index (χ0n) is 15.6. The molecule has 7 heteroatoms. The lowest BCUT2D eigenvalue weighted by atomic mass is 10.0. The van der Waals surface area contributed by atoms with Gasteiger partial charge in [-0.15, -0.1) is 11.8 Å². The zero-order chi connectivity index (χ0) is 20.3. The molecule has 2 aromatic rings. The van der Waals surface area contributed by atoms with Gasteiger partial charge in [-0.05, 0) is 42.3 Å². The van der Waals surface area contributed by atoms with Crippen LogP contribution in [0.1, 0.15) is 34.6 Å². The number of hydrogen-bond donors (Lipinski definition) is 0. The molecule has 28 heavy (non-hydrogen) atoms. The molecule has 146 valence electrons. The van der Waals surface area contributed by atoms with E-state index in [2.05, 4.69) is 0 Å². The summed E-state index contributed by atoms with van der Waals surface area (Å²) in [7, 11) is 0. The van der Waals surface area contributed by atoms with Gasteiger partial charge in [0.05, 0.1) is 11.1 Å². The molecule has 2 amide bonds. The number of nitrogens with zero attached hydrogens (tertiary/aromatic N) is 1. The van der Waals surface area contributed by atoms with Crippen LogP contribution in [0.4, 0.5) is 0 Å². The number of hydrogen-bond acceptors (Lipinski definition) is 5. The number of imide groups is 1. The Morgan fingerprint density at radius 2 is 1.61 bits per heavy atom. The van der Waals surface area contributed by atoms with Crippen LogP contribution in [0.5, 0.6) is 0 Å². The first-order valence-electron chi connectivity index (χ1n) is 8.92. The maximum Gasteiger partial charge on any atom is 0.329 e. The van der Waals surface area contributed by atoms with Gasteiger partial charge in [0, 0.05) is 15.7 Å². The second-order valence-corrected chi connectivity index (χ2v) is 8.29. The predicted octanol–water partition coefficient (Wildman–Crippen LogP) is 4.30. The molecule has 2 aromatic carbocycles. The average molecular weight is 418 g/mol. The van der Waals surface area contributed by atoms with E-state index < -0.39 is 23.8 Å². The topological polar surface area (TPSA) is 63.7 Å². The van der Waals surface area contributed by atoms with Crippen molar-refractivity contribution in [2.45, 2.75) is 24.8 Å². The van der Waals surface area contributed by atoms with E-state index in [0.717, 1.165) is 9.80 Å². The van der Waals surface area contributed by atoms with E-state index in [4.69, 9.17) is 16.3 Å². The molecule has 0 spiro atoms. The van der Waals surface area contributed by atoms with Gasteiger partial charge in [-0.2, -0.15) is 0 Å². The summed E-state index contributed by atoms with van der Waals surface area (Å²) in [5.41, 5.74) is 0.647. The van der Waals surface area contributed by atoms with Gasteiger partial charge < -0.3 is 4.74 Å². The van der Waals surface area contributed by atoms with Crippen LogP contribution >= 0.6 is 23.4 Å². The molecule has 0 N–H and O–H groups in total. The van der Waals surface area contributed by atoms with Crippen molar-refractivity contribution in [3.8, 4) is 0 Å². The number of esters is 1. The lowest BCUT2D eigenvalue weighted by Gasteiger charge is -2.27. The first-order chi connectivity index (χ1) is 13.4. The van der Waals surface area contributed by atoms with Crippen LogP contribution in [0.3, 0.4) is 0 Å². The van der Waals surface area contributed by atoms with Gasteiger partial charge in [0.25, 0.3) is 11.8 Å². The first kappa shape index (κ1) is 20.4. The summed E-state index contributed by atoms with van der Waals surface area (Å²) in [6, 6.07) is 13.0. The highest BCUT2D eigenvalue weighted by Crippen LogP contribution is 2.28. The minimum atomic E-state index is -0.951. The van der Waals surface area contributed by atoms with Crippen molar-refractivity contribution in [3.63, 3.8) is 0 Å². The molecule has 1 aliphatic heterocycles. The predicted molar refractivity (Wildman–Crippen MR) is 109 cm³/mol. The summed E-state index contributed by atoms with van der Waals surface area (Å²) in [6.45, 7) is 3.76. The van der Waals surface area contributed by atoms with Crippen LogP contribution in [0.2, 0.25) is 5.02 Å². The Kier molecular flexibility index (Phi) is 6.42. The normalized spacial score (nSPS) is 14.4. The first-order valence-corrected chi connectivity index (χ1v) is 10.3. The molecule has 0 bridgehead atoms. The fourth-order valence-electron chi connectivity index (χ4n) is 3.05. The summed E-state index contributed by atoms with van der Waals surface area (Å²) in [5.74, 6) is -1.18. The standard InChI is InChI=1S/C21H20ClNO4S/c1-13(2)18(23-19(24)16-5-3-4-6-17(16)20(23)25)21(26)27-11-12-28-15-9-7-14(22)8-10-15/h3-10,13,18H,11-12H2,1-2H3/t18-/m1/s1. The van der Waals surface area contributed by atoms with Gasteiger partial charge in [0.2, 0.25) is 0 Å². The van der Waals surface area contributed by atoms with Crippen molar-refractivity contribution in [1.29, 1.82) is 0 Å². The van der Waals surface area contributed by atoms with Crippen LogP contribution in [0, 0.1) is 5.92 Å².